The maximum absolute atomic E-state index is 11.7. The highest BCUT2D eigenvalue weighted by atomic mass is 16.6. The topological polar surface area (TPSA) is 91.6 Å². The number of methoxy groups -OCH3 is 2. The van der Waals surface area contributed by atoms with E-state index in [0.29, 0.717) is 11.1 Å². The summed E-state index contributed by atoms with van der Waals surface area (Å²) in [6.07, 6.45) is 2.86. The number of nitro benzene ring substituents is 1. The molecule has 2 rings (SSSR count). The van der Waals surface area contributed by atoms with Crippen LogP contribution in [0.3, 0.4) is 0 Å². The molecule has 7 heteroatoms. The lowest BCUT2D eigenvalue weighted by Crippen LogP contribution is -2.04. The molecule has 1 aromatic carbocycles. The Hall–Kier alpha value is -2.96. The van der Waals surface area contributed by atoms with Crippen molar-refractivity contribution in [2.45, 2.75) is 0 Å². The number of hydrogen-bond acceptors (Lipinski definition) is 6. The fourth-order valence-electron chi connectivity index (χ4n) is 1.92. The zero-order valence-corrected chi connectivity index (χ0v) is 11.4. The van der Waals surface area contributed by atoms with E-state index in [1.807, 2.05) is 0 Å². The molecule has 0 aliphatic rings. The molecule has 0 N–H and O–H groups in total. The minimum absolute atomic E-state index is 0.150. The molecular formula is C14H12N2O5. The van der Waals surface area contributed by atoms with Crippen molar-refractivity contribution in [3.63, 3.8) is 0 Å². The molecule has 0 unspecified atom stereocenters. The quantitative estimate of drug-likeness (QED) is 0.487. The second-order valence-corrected chi connectivity index (χ2v) is 4.06. The van der Waals surface area contributed by atoms with Crippen LogP contribution in [-0.2, 0) is 4.74 Å². The molecule has 2 aromatic rings. The summed E-state index contributed by atoms with van der Waals surface area (Å²) in [7, 11) is 2.61. The monoisotopic (exact) mass is 288 g/mol. The average Bonchev–Trinajstić information content (AvgIpc) is 2.53. The Bertz CT molecular complexity index is 700. The number of aromatic nitrogens is 1. The molecule has 1 aromatic heterocycles. The van der Waals surface area contributed by atoms with Crippen LogP contribution in [0.2, 0.25) is 0 Å². The number of rotatable bonds is 4. The lowest BCUT2D eigenvalue weighted by molar-refractivity contribution is -0.385. The zero-order chi connectivity index (χ0) is 15.4. The van der Waals surface area contributed by atoms with Crippen LogP contribution in [0.1, 0.15) is 10.4 Å². The molecule has 0 amide bonds. The van der Waals surface area contributed by atoms with Crippen molar-refractivity contribution in [3.05, 3.63) is 52.3 Å². The van der Waals surface area contributed by atoms with Crippen LogP contribution in [0.4, 0.5) is 5.69 Å². The number of esters is 1. The molecule has 0 aliphatic carbocycles. The fraction of sp³-hybridized carbons (Fsp3) is 0.143. The minimum atomic E-state index is -0.559. The summed E-state index contributed by atoms with van der Waals surface area (Å²) in [5.41, 5.74) is 1.06. The number of nitro groups is 1. The predicted molar refractivity (Wildman–Crippen MR) is 74.2 cm³/mol. The number of benzene rings is 1. The second-order valence-electron chi connectivity index (χ2n) is 4.06. The van der Waals surface area contributed by atoms with Crippen LogP contribution in [0.15, 0.2) is 36.7 Å². The van der Waals surface area contributed by atoms with Crippen LogP contribution in [0.25, 0.3) is 11.1 Å². The number of carbonyl (C=O) groups excluding carboxylic acids is 1. The molecule has 0 fully saturated rings. The molecule has 0 aliphatic heterocycles. The summed E-state index contributed by atoms with van der Waals surface area (Å²) in [6, 6.07) is 6.06. The second kappa shape index (κ2) is 6.00. The summed E-state index contributed by atoms with van der Waals surface area (Å²) >= 11 is 0. The van der Waals surface area contributed by atoms with Gasteiger partial charge in [-0.25, -0.2) is 4.79 Å². The molecule has 7 nitrogen and oxygen atoms in total. The highest BCUT2D eigenvalue weighted by molar-refractivity contribution is 5.97. The van der Waals surface area contributed by atoms with Gasteiger partial charge in [0, 0.05) is 18.5 Å². The van der Waals surface area contributed by atoms with Crippen molar-refractivity contribution in [1.29, 1.82) is 0 Å². The third kappa shape index (κ3) is 2.81. The highest BCUT2D eigenvalue weighted by Crippen LogP contribution is 2.33. The van der Waals surface area contributed by atoms with Crippen LogP contribution in [0, 0.1) is 10.1 Å². The SMILES string of the molecule is COC(=O)c1cnccc1-c1ccc(OC)c([N+](=O)[O-])c1. The molecule has 21 heavy (non-hydrogen) atoms. The molecule has 0 saturated heterocycles. The van der Waals surface area contributed by atoms with Crippen molar-refractivity contribution in [2.75, 3.05) is 14.2 Å². The summed E-state index contributed by atoms with van der Waals surface area (Å²) in [4.78, 5) is 26.1. The van der Waals surface area contributed by atoms with Gasteiger partial charge in [0.25, 0.3) is 0 Å². The van der Waals surface area contributed by atoms with E-state index >= 15 is 0 Å². The third-order valence-corrected chi connectivity index (χ3v) is 2.91. The lowest BCUT2D eigenvalue weighted by Gasteiger charge is -2.08. The average molecular weight is 288 g/mol. The summed E-state index contributed by atoms with van der Waals surface area (Å²) in [5.74, 6) is -0.408. The first-order valence-corrected chi connectivity index (χ1v) is 5.93. The summed E-state index contributed by atoms with van der Waals surface area (Å²) < 4.78 is 9.63. The van der Waals surface area contributed by atoms with Gasteiger partial charge in [-0.1, -0.05) is 6.07 Å². The van der Waals surface area contributed by atoms with E-state index in [-0.39, 0.29) is 17.0 Å². The van der Waals surface area contributed by atoms with Gasteiger partial charge in [-0.05, 0) is 23.3 Å². The van der Waals surface area contributed by atoms with Gasteiger partial charge in [-0.3, -0.25) is 15.1 Å². The van der Waals surface area contributed by atoms with Crippen LogP contribution in [-0.4, -0.2) is 30.1 Å². The van der Waals surface area contributed by atoms with Gasteiger partial charge in [0.2, 0.25) is 0 Å². The van der Waals surface area contributed by atoms with Gasteiger partial charge in [0.15, 0.2) is 5.75 Å². The van der Waals surface area contributed by atoms with Crippen LogP contribution in [0.5, 0.6) is 5.75 Å². The van der Waals surface area contributed by atoms with Gasteiger partial charge < -0.3 is 9.47 Å². The molecule has 0 atom stereocenters. The first-order chi connectivity index (χ1) is 10.1. The van der Waals surface area contributed by atoms with Crippen molar-refractivity contribution in [3.8, 4) is 16.9 Å². The molecule has 1 heterocycles. The third-order valence-electron chi connectivity index (χ3n) is 2.91. The first kappa shape index (κ1) is 14.4. The van der Waals surface area contributed by atoms with Crippen LogP contribution >= 0.6 is 0 Å². The summed E-state index contributed by atoms with van der Waals surface area (Å²) in [5, 5.41) is 11.1. The van der Waals surface area contributed by atoms with Gasteiger partial charge >= 0.3 is 11.7 Å². The van der Waals surface area contributed by atoms with Crippen LogP contribution < -0.4 is 4.74 Å². The maximum Gasteiger partial charge on any atom is 0.340 e. The Balaban J connectivity index is 2.60. The van der Waals surface area contributed by atoms with E-state index in [9.17, 15) is 14.9 Å². The standard InChI is InChI=1S/C14H12N2O5/c1-20-13-4-3-9(7-12(13)16(18)19)10-5-6-15-8-11(10)14(17)21-2/h3-8H,1-2H3. The lowest BCUT2D eigenvalue weighted by atomic mass is 10.0. The molecule has 108 valence electrons. The molecule has 0 bridgehead atoms. The van der Waals surface area contributed by atoms with E-state index < -0.39 is 10.9 Å². The number of ether oxygens (including phenoxy) is 2. The number of hydrogen-bond donors (Lipinski definition) is 0. The molecular weight excluding hydrogens is 276 g/mol. The van der Waals surface area contributed by atoms with E-state index in [1.165, 1.54) is 38.7 Å². The zero-order valence-electron chi connectivity index (χ0n) is 11.4. The smallest absolute Gasteiger partial charge is 0.340 e. The normalized spacial score (nSPS) is 10.0. The Morgan fingerprint density at radius 1 is 1.29 bits per heavy atom. The first-order valence-electron chi connectivity index (χ1n) is 5.93. The van der Waals surface area contributed by atoms with Crippen molar-refractivity contribution >= 4 is 11.7 Å². The van der Waals surface area contributed by atoms with Gasteiger partial charge in [0.05, 0.1) is 24.7 Å². The van der Waals surface area contributed by atoms with Gasteiger partial charge in [-0.2, -0.15) is 0 Å². The van der Waals surface area contributed by atoms with Crippen molar-refractivity contribution < 1.29 is 19.2 Å². The van der Waals surface area contributed by atoms with Gasteiger partial charge in [-0.15, -0.1) is 0 Å². The minimum Gasteiger partial charge on any atom is -0.490 e. The Labute approximate surface area is 120 Å². The van der Waals surface area contributed by atoms with E-state index in [0.717, 1.165) is 0 Å². The Kier molecular flexibility index (Phi) is 4.13. The summed E-state index contributed by atoms with van der Waals surface area (Å²) in [6.45, 7) is 0. The molecule has 0 saturated carbocycles. The highest BCUT2D eigenvalue weighted by Gasteiger charge is 2.19. The Morgan fingerprint density at radius 3 is 2.67 bits per heavy atom. The fourth-order valence-corrected chi connectivity index (χ4v) is 1.92. The largest absolute Gasteiger partial charge is 0.490 e. The molecule has 0 radical (unpaired) electrons. The van der Waals surface area contributed by atoms with E-state index in [1.54, 1.807) is 12.1 Å². The van der Waals surface area contributed by atoms with E-state index in [2.05, 4.69) is 9.72 Å². The number of pyridine rings is 1. The maximum atomic E-state index is 11.7. The number of nitrogens with zero attached hydrogens (tertiary/aromatic N) is 2. The van der Waals surface area contributed by atoms with Crippen molar-refractivity contribution in [2.24, 2.45) is 0 Å². The predicted octanol–water partition coefficient (Wildman–Crippen LogP) is 2.45. The van der Waals surface area contributed by atoms with E-state index in [4.69, 9.17) is 4.74 Å². The molecule has 0 spiro atoms. The Morgan fingerprint density at radius 2 is 2.05 bits per heavy atom. The van der Waals surface area contributed by atoms with Gasteiger partial charge in [0.1, 0.15) is 0 Å². The number of carbonyl (C=O) groups is 1. The van der Waals surface area contributed by atoms with Crippen molar-refractivity contribution in [1.82, 2.24) is 4.98 Å².